The van der Waals surface area contributed by atoms with Crippen molar-refractivity contribution in [1.82, 2.24) is 14.7 Å². The average Bonchev–Trinajstić information content (AvgIpc) is 3.31. The van der Waals surface area contributed by atoms with Crippen molar-refractivity contribution in [3.05, 3.63) is 18.0 Å². The Bertz CT molecular complexity index is 671. The molecule has 2 saturated carbocycles. The summed E-state index contributed by atoms with van der Waals surface area (Å²) >= 11 is 0. The van der Waals surface area contributed by atoms with Crippen molar-refractivity contribution in [2.75, 3.05) is 13.7 Å². The van der Waals surface area contributed by atoms with Crippen LogP contribution in [0, 0.1) is 23.7 Å². The van der Waals surface area contributed by atoms with Gasteiger partial charge in [-0.1, -0.05) is 6.42 Å². The third kappa shape index (κ3) is 3.07. The molecular weight excluding hydrogens is 318 g/mol. The predicted molar refractivity (Wildman–Crippen MR) is 91.3 cm³/mol. The highest BCUT2D eigenvalue weighted by atomic mass is 16.5. The molecule has 6 heteroatoms. The standard InChI is InChI=1S/C19H27N3O3/c1-21-10-15(9-20-21)18-16(5-6-17(23)22(18)2)19(24)25-11-14-8-12-3-4-13(14)7-12/h9-10,12-14,16,18H,3-8,11H2,1-2H3/t12-,13-,14+,16-,18+/m0/s1. The van der Waals surface area contributed by atoms with E-state index >= 15 is 0 Å². The molecule has 3 aliphatic rings. The van der Waals surface area contributed by atoms with E-state index in [0.717, 1.165) is 17.4 Å². The summed E-state index contributed by atoms with van der Waals surface area (Å²) in [6.45, 7) is 0.550. The Morgan fingerprint density at radius 2 is 2.12 bits per heavy atom. The summed E-state index contributed by atoms with van der Waals surface area (Å²) in [6.07, 6.45) is 9.78. The zero-order valence-corrected chi connectivity index (χ0v) is 15.1. The first kappa shape index (κ1) is 16.6. The number of nitrogens with zero attached hydrogens (tertiary/aromatic N) is 3. The highest BCUT2D eigenvalue weighted by molar-refractivity contribution is 5.82. The topological polar surface area (TPSA) is 64.4 Å². The molecule has 1 aliphatic heterocycles. The molecular formula is C19H27N3O3. The van der Waals surface area contributed by atoms with Crippen LogP contribution in [0.5, 0.6) is 0 Å². The second kappa shape index (κ2) is 6.46. The van der Waals surface area contributed by atoms with E-state index < -0.39 is 0 Å². The predicted octanol–water partition coefficient (Wildman–Crippen LogP) is 2.31. The molecule has 0 unspecified atom stereocenters. The van der Waals surface area contributed by atoms with Gasteiger partial charge < -0.3 is 9.64 Å². The summed E-state index contributed by atoms with van der Waals surface area (Å²) in [5, 5.41) is 4.21. The van der Waals surface area contributed by atoms with Gasteiger partial charge in [0.2, 0.25) is 5.91 Å². The smallest absolute Gasteiger partial charge is 0.311 e. The number of hydrogen-bond donors (Lipinski definition) is 0. The molecule has 136 valence electrons. The van der Waals surface area contributed by atoms with E-state index in [1.54, 1.807) is 22.8 Å². The van der Waals surface area contributed by atoms with Crippen molar-refractivity contribution >= 4 is 11.9 Å². The van der Waals surface area contributed by atoms with Crippen molar-refractivity contribution in [3.63, 3.8) is 0 Å². The second-order valence-electron chi connectivity index (χ2n) is 8.11. The molecule has 1 amide bonds. The Hall–Kier alpha value is -1.85. The van der Waals surface area contributed by atoms with Crippen LogP contribution in [-0.4, -0.2) is 40.2 Å². The summed E-state index contributed by atoms with van der Waals surface area (Å²) in [5.74, 6) is 1.77. The number of aryl methyl sites for hydroxylation is 1. The molecule has 1 saturated heterocycles. The summed E-state index contributed by atoms with van der Waals surface area (Å²) in [6, 6.07) is -0.275. The van der Waals surface area contributed by atoms with Crippen LogP contribution < -0.4 is 0 Å². The summed E-state index contributed by atoms with van der Waals surface area (Å²) in [7, 11) is 3.62. The first-order chi connectivity index (χ1) is 12.0. The molecule has 0 N–H and O–H groups in total. The molecule has 0 radical (unpaired) electrons. The molecule has 25 heavy (non-hydrogen) atoms. The number of esters is 1. The van der Waals surface area contributed by atoms with Gasteiger partial charge in [0.1, 0.15) is 0 Å². The normalized spacial score (nSPS) is 34.6. The Kier molecular flexibility index (Phi) is 4.29. The fourth-order valence-electron chi connectivity index (χ4n) is 5.21. The van der Waals surface area contributed by atoms with Crippen LogP contribution in [0.25, 0.3) is 0 Å². The minimum absolute atomic E-state index is 0.0750. The Morgan fingerprint density at radius 3 is 2.76 bits per heavy atom. The van der Waals surface area contributed by atoms with Gasteiger partial charge >= 0.3 is 5.97 Å². The van der Waals surface area contributed by atoms with Gasteiger partial charge in [-0.3, -0.25) is 14.3 Å². The lowest BCUT2D eigenvalue weighted by Gasteiger charge is -2.37. The number of fused-ring (bicyclic) bond motifs is 2. The SMILES string of the molecule is CN1C(=O)CC[C@H](C(=O)OC[C@H]2C[C@H]3CC[C@H]2C3)[C@H]1c1cnn(C)c1. The molecule has 2 heterocycles. The number of rotatable bonds is 4. The maximum Gasteiger partial charge on any atom is 0.311 e. The van der Waals surface area contributed by atoms with E-state index in [9.17, 15) is 9.59 Å². The Balaban J connectivity index is 1.44. The van der Waals surface area contributed by atoms with Crippen molar-refractivity contribution in [1.29, 1.82) is 0 Å². The van der Waals surface area contributed by atoms with Crippen LogP contribution >= 0.6 is 0 Å². The minimum atomic E-state index is -0.300. The molecule has 0 spiro atoms. The molecule has 2 bridgehead atoms. The highest BCUT2D eigenvalue weighted by Crippen LogP contribution is 2.48. The first-order valence-electron chi connectivity index (χ1n) is 9.43. The third-order valence-electron chi connectivity index (χ3n) is 6.55. The number of ether oxygens (including phenoxy) is 1. The quantitative estimate of drug-likeness (QED) is 0.786. The molecule has 2 aliphatic carbocycles. The van der Waals surface area contributed by atoms with Crippen molar-refractivity contribution in [3.8, 4) is 0 Å². The summed E-state index contributed by atoms with van der Waals surface area (Å²) < 4.78 is 7.46. The van der Waals surface area contributed by atoms with E-state index in [2.05, 4.69) is 5.10 Å². The number of amides is 1. The average molecular weight is 345 g/mol. The van der Waals surface area contributed by atoms with Crippen molar-refractivity contribution in [2.45, 2.75) is 44.6 Å². The number of hydrogen-bond acceptors (Lipinski definition) is 4. The summed E-state index contributed by atoms with van der Waals surface area (Å²) in [4.78, 5) is 26.7. The lowest BCUT2D eigenvalue weighted by Crippen LogP contribution is -2.43. The number of carbonyl (C=O) groups excluding carboxylic acids is 2. The number of piperidine rings is 1. The molecule has 4 rings (SSSR count). The number of carbonyl (C=O) groups is 2. The Labute approximate surface area is 148 Å². The summed E-state index contributed by atoms with van der Waals surface area (Å²) in [5.41, 5.74) is 0.903. The van der Waals surface area contributed by atoms with E-state index in [4.69, 9.17) is 4.74 Å². The minimum Gasteiger partial charge on any atom is -0.465 e. The van der Waals surface area contributed by atoms with Gasteiger partial charge in [0.05, 0.1) is 24.8 Å². The van der Waals surface area contributed by atoms with Crippen LogP contribution in [0.15, 0.2) is 12.4 Å². The Morgan fingerprint density at radius 1 is 1.28 bits per heavy atom. The van der Waals surface area contributed by atoms with E-state index in [-0.39, 0.29) is 23.8 Å². The zero-order valence-electron chi connectivity index (χ0n) is 15.1. The number of aromatic nitrogens is 2. The lowest BCUT2D eigenvalue weighted by atomic mass is 9.85. The van der Waals surface area contributed by atoms with Gasteiger partial charge in [0, 0.05) is 32.3 Å². The van der Waals surface area contributed by atoms with E-state index in [1.165, 1.54) is 25.7 Å². The monoisotopic (exact) mass is 345 g/mol. The van der Waals surface area contributed by atoms with E-state index in [1.807, 2.05) is 13.2 Å². The molecule has 5 atom stereocenters. The van der Waals surface area contributed by atoms with Gasteiger partial charge in [-0.05, 0) is 43.4 Å². The van der Waals surface area contributed by atoms with Gasteiger partial charge in [-0.15, -0.1) is 0 Å². The van der Waals surface area contributed by atoms with Crippen LogP contribution in [0.1, 0.15) is 50.1 Å². The molecule has 1 aromatic heterocycles. The van der Waals surface area contributed by atoms with Gasteiger partial charge in [0.25, 0.3) is 0 Å². The van der Waals surface area contributed by atoms with Crippen LogP contribution in [0.3, 0.4) is 0 Å². The first-order valence-corrected chi connectivity index (χ1v) is 9.43. The molecule has 0 aromatic carbocycles. The van der Waals surface area contributed by atoms with Gasteiger partial charge in [-0.25, -0.2) is 0 Å². The van der Waals surface area contributed by atoms with Crippen molar-refractivity contribution < 1.29 is 14.3 Å². The van der Waals surface area contributed by atoms with Crippen LogP contribution in [0.2, 0.25) is 0 Å². The molecule has 1 aromatic rings. The largest absolute Gasteiger partial charge is 0.465 e. The highest BCUT2D eigenvalue weighted by Gasteiger charge is 2.43. The van der Waals surface area contributed by atoms with Crippen molar-refractivity contribution in [2.24, 2.45) is 30.7 Å². The third-order valence-corrected chi connectivity index (χ3v) is 6.55. The van der Waals surface area contributed by atoms with Crippen LogP contribution in [0.4, 0.5) is 0 Å². The fourth-order valence-corrected chi connectivity index (χ4v) is 5.21. The number of likely N-dealkylation sites (tertiary alicyclic amines) is 1. The van der Waals surface area contributed by atoms with E-state index in [0.29, 0.717) is 25.4 Å². The maximum absolute atomic E-state index is 12.8. The lowest BCUT2D eigenvalue weighted by molar-refractivity contribution is -0.157. The molecule has 6 nitrogen and oxygen atoms in total. The van der Waals surface area contributed by atoms with Gasteiger partial charge in [0.15, 0.2) is 0 Å². The fraction of sp³-hybridized carbons (Fsp3) is 0.737. The second-order valence-corrected chi connectivity index (χ2v) is 8.11. The van der Waals surface area contributed by atoms with Gasteiger partial charge in [-0.2, -0.15) is 5.10 Å². The molecule has 3 fully saturated rings. The zero-order chi connectivity index (χ0) is 17.6. The maximum atomic E-state index is 12.8. The van der Waals surface area contributed by atoms with Crippen LogP contribution in [-0.2, 0) is 21.4 Å².